The van der Waals surface area contributed by atoms with Crippen molar-refractivity contribution in [2.24, 2.45) is 0 Å². The van der Waals surface area contributed by atoms with Gasteiger partial charge in [-0.25, -0.2) is 4.79 Å². The number of benzene rings is 3. The molecule has 3 aromatic carbocycles. The maximum atomic E-state index is 12.7. The molecule has 0 fully saturated rings. The Morgan fingerprint density at radius 3 is 2.61 bits per heavy atom. The van der Waals surface area contributed by atoms with E-state index >= 15 is 0 Å². The van der Waals surface area contributed by atoms with Crippen LogP contribution in [0.3, 0.4) is 0 Å². The van der Waals surface area contributed by atoms with Gasteiger partial charge in [0.2, 0.25) is 11.9 Å². The van der Waals surface area contributed by atoms with Crippen LogP contribution in [0.5, 0.6) is 11.5 Å². The van der Waals surface area contributed by atoms with Gasteiger partial charge in [0.25, 0.3) is 0 Å². The van der Waals surface area contributed by atoms with Crippen molar-refractivity contribution in [2.75, 3.05) is 6.61 Å². The van der Waals surface area contributed by atoms with E-state index in [0.717, 1.165) is 10.0 Å². The third kappa shape index (κ3) is 4.70. The van der Waals surface area contributed by atoms with Crippen LogP contribution >= 0.6 is 15.9 Å². The number of carbonyl (C=O) groups is 2. The number of rotatable bonds is 6. The molecule has 0 radical (unpaired) electrons. The number of carbonyl (C=O) groups excluding carboxylic acids is 2. The predicted octanol–water partition coefficient (Wildman–Crippen LogP) is 5.75. The molecule has 1 aliphatic heterocycles. The minimum atomic E-state index is -0.923. The summed E-state index contributed by atoms with van der Waals surface area (Å²) in [5, 5.41) is 0. The lowest BCUT2D eigenvalue weighted by Gasteiger charge is -2.18. The summed E-state index contributed by atoms with van der Waals surface area (Å²) in [7, 11) is 0. The molecular weight excluding hydrogens is 460 g/mol. The van der Waals surface area contributed by atoms with Crippen LogP contribution in [-0.4, -0.2) is 18.4 Å². The third-order valence-electron chi connectivity index (χ3n) is 4.64. The molecule has 0 aliphatic carbocycles. The van der Waals surface area contributed by atoms with E-state index in [0.29, 0.717) is 22.6 Å². The number of hydrogen-bond acceptors (Lipinski definition) is 5. The first kappa shape index (κ1) is 20.9. The fourth-order valence-electron chi connectivity index (χ4n) is 3.22. The summed E-state index contributed by atoms with van der Waals surface area (Å²) < 4.78 is 17.8. The predicted molar refractivity (Wildman–Crippen MR) is 120 cm³/mol. The number of esters is 1. The molecule has 1 atom stereocenters. The van der Waals surface area contributed by atoms with Crippen molar-refractivity contribution in [1.82, 2.24) is 0 Å². The van der Waals surface area contributed by atoms with Crippen LogP contribution in [0.15, 0.2) is 83.0 Å². The number of fused-ring (bicyclic) bond motifs is 1. The normalized spacial score (nSPS) is 14.6. The summed E-state index contributed by atoms with van der Waals surface area (Å²) in [4.78, 5) is 25.2. The standard InChI is InChI=1S/C25H19BrO5/c1-2-29-25(28)24(17-8-4-3-5-9-17)30-19-11-12-20-21(15-19)31-22(23(20)27)14-16-7-6-10-18(26)13-16/h3-15,24H,2H2,1H3/b22-14-. The van der Waals surface area contributed by atoms with Gasteiger partial charge in [-0.05, 0) is 42.8 Å². The van der Waals surface area contributed by atoms with Crippen molar-refractivity contribution < 1.29 is 23.8 Å². The Labute approximate surface area is 188 Å². The van der Waals surface area contributed by atoms with Crippen LogP contribution in [-0.2, 0) is 9.53 Å². The van der Waals surface area contributed by atoms with Crippen LogP contribution in [0.25, 0.3) is 6.08 Å². The topological polar surface area (TPSA) is 61.8 Å². The molecule has 1 heterocycles. The lowest BCUT2D eigenvalue weighted by Crippen LogP contribution is -2.21. The van der Waals surface area contributed by atoms with Gasteiger partial charge in [-0.15, -0.1) is 0 Å². The van der Waals surface area contributed by atoms with Crippen LogP contribution in [0.4, 0.5) is 0 Å². The minimum absolute atomic E-state index is 0.202. The Morgan fingerprint density at radius 2 is 1.87 bits per heavy atom. The van der Waals surface area contributed by atoms with Gasteiger partial charge in [-0.2, -0.15) is 0 Å². The van der Waals surface area contributed by atoms with Gasteiger partial charge >= 0.3 is 5.97 Å². The minimum Gasteiger partial charge on any atom is -0.474 e. The average Bonchev–Trinajstić information content (AvgIpc) is 3.07. The van der Waals surface area contributed by atoms with E-state index < -0.39 is 12.1 Å². The Morgan fingerprint density at radius 1 is 1.06 bits per heavy atom. The molecule has 0 spiro atoms. The van der Waals surface area contributed by atoms with Crippen LogP contribution in [0.1, 0.15) is 34.5 Å². The van der Waals surface area contributed by atoms with E-state index in [9.17, 15) is 9.59 Å². The second kappa shape index (κ2) is 9.18. The van der Waals surface area contributed by atoms with Crippen LogP contribution < -0.4 is 9.47 Å². The van der Waals surface area contributed by atoms with Gasteiger partial charge in [0.05, 0.1) is 12.2 Å². The number of allylic oxidation sites excluding steroid dienone is 1. The van der Waals surface area contributed by atoms with Crippen LogP contribution in [0, 0.1) is 0 Å². The first-order chi connectivity index (χ1) is 15.0. The lowest BCUT2D eigenvalue weighted by atomic mass is 10.1. The monoisotopic (exact) mass is 478 g/mol. The summed E-state index contributed by atoms with van der Waals surface area (Å²) in [6.45, 7) is 1.99. The fraction of sp³-hybridized carbons (Fsp3) is 0.120. The van der Waals surface area contributed by atoms with Gasteiger partial charge in [0.15, 0.2) is 5.76 Å². The highest BCUT2D eigenvalue weighted by Gasteiger charge is 2.29. The molecule has 0 saturated carbocycles. The molecule has 0 N–H and O–H groups in total. The largest absolute Gasteiger partial charge is 0.474 e. The maximum absolute atomic E-state index is 12.7. The quantitative estimate of drug-likeness (QED) is 0.333. The van der Waals surface area contributed by atoms with Gasteiger partial charge in [0.1, 0.15) is 11.5 Å². The molecule has 0 amide bonds. The van der Waals surface area contributed by atoms with Crippen molar-refractivity contribution in [1.29, 1.82) is 0 Å². The van der Waals surface area contributed by atoms with E-state index in [1.165, 1.54) is 0 Å². The molecule has 156 valence electrons. The Kier molecular flexibility index (Phi) is 6.18. The van der Waals surface area contributed by atoms with Gasteiger partial charge < -0.3 is 14.2 Å². The summed E-state index contributed by atoms with van der Waals surface area (Å²) in [5.41, 5.74) is 1.96. The summed E-state index contributed by atoms with van der Waals surface area (Å²) >= 11 is 3.42. The lowest BCUT2D eigenvalue weighted by molar-refractivity contribution is -0.151. The first-order valence-electron chi connectivity index (χ1n) is 9.77. The van der Waals surface area contributed by atoms with Crippen molar-refractivity contribution in [3.05, 3.63) is 99.7 Å². The number of Topliss-reactive ketones (excluding diaryl/α,β-unsaturated/α-hetero) is 1. The Balaban J connectivity index is 1.59. The third-order valence-corrected chi connectivity index (χ3v) is 5.14. The summed E-state index contributed by atoms with van der Waals surface area (Å²) in [6, 6.07) is 21.6. The zero-order chi connectivity index (χ0) is 21.8. The van der Waals surface area contributed by atoms with Crippen LogP contribution in [0.2, 0.25) is 0 Å². The molecule has 3 aromatic rings. The molecule has 6 heteroatoms. The summed E-state index contributed by atoms with van der Waals surface area (Å²) in [5.74, 6) is 0.333. The molecule has 1 aliphatic rings. The molecule has 0 bridgehead atoms. The van der Waals surface area contributed by atoms with E-state index in [-0.39, 0.29) is 18.1 Å². The molecule has 4 rings (SSSR count). The summed E-state index contributed by atoms with van der Waals surface area (Å²) in [6.07, 6.45) is 0.770. The van der Waals surface area contributed by atoms with Crippen molar-refractivity contribution >= 4 is 33.8 Å². The average molecular weight is 479 g/mol. The maximum Gasteiger partial charge on any atom is 0.352 e. The second-order valence-electron chi connectivity index (χ2n) is 6.81. The smallest absolute Gasteiger partial charge is 0.352 e. The number of hydrogen-bond donors (Lipinski definition) is 0. The number of ether oxygens (including phenoxy) is 3. The highest BCUT2D eigenvalue weighted by molar-refractivity contribution is 9.10. The highest BCUT2D eigenvalue weighted by atomic mass is 79.9. The van der Waals surface area contributed by atoms with Gasteiger partial charge in [0, 0.05) is 16.1 Å². The molecule has 5 nitrogen and oxygen atoms in total. The molecule has 31 heavy (non-hydrogen) atoms. The zero-order valence-corrected chi connectivity index (χ0v) is 18.3. The van der Waals surface area contributed by atoms with E-state index in [2.05, 4.69) is 15.9 Å². The second-order valence-corrected chi connectivity index (χ2v) is 7.73. The van der Waals surface area contributed by atoms with Crippen molar-refractivity contribution in [2.45, 2.75) is 13.0 Å². The molecule has 0 aromatic heterocycles. The van der Waals surface area contributed by atoms with Crippen molar-refractivity contribution in [3.8, 4) is 11.5 Å². The zero-order valence-electron chi connectivity index (χ0n) is 16.7. The van der Waals surface area contributed by atoms with Gasteiger partial charge in [-0.3, -0.25) is 4.79 Å². The Hall–Kier alpha value is -3.38. The van der Waals surface area contributed by atoms with E-state index in [1.54, 1.807) is 43.3 Å². The first-order valence-corrected chi connectivity index (χ1v) is 10.6. The number of halogens is 1. The Bertz CT molecular complexity index is 1150. The van der Waals surface area contributed by atoms with E-state index in [4.69, 9.17) is 14.2 Å². The SMILES string of the molecule is CCOC(=O)C(Oc1ccc2c(c1)O/C(=C\c1cccc(Br)c1)C2=O)c1ccccc1. The molecule has 1 unspecified atom stereocenters. The fourth-order valence-corrected chi connectivity index (χ4v) is 3.64. The molecule has 0 saturated heterocycles. The molecular formula is C25H19BrO5. The number of ketones is 1. The van der Waals surface area contributed by atoms with Crippen molar-refractivity contribution in [3.63, 3.8) is 0 Å². The van der Waals surface area contributed by atoms with Gasteiger partial charge in [-0.1, -0.05) is 58.4 Å². The van der Waals surface area contributed by atoms with E-state index in [1.807, 2.05) is 42.5 Å². The highest BCUT2D eigenvalue weighted by Crippen LogP contribution is 2.36.